The monoisotopic (exact) mass is 383 g/mol. The van der Waals surface area contributed by atoms with Crippen molar-refractivity contribution in [3.05, 3.63) is 53.6 Å². The third kappa shape index (κ3) is 3.98. The van der Waals surface area contributed by atoms with Crippen LogP contribution >= 0.6 is 11.8 Å². The number of aryl methyl sites for hydroxylation is 1. The van der Waals surface area contributed by atoms with Gasteiger partial charge in [-0.3, -0.25) is 4.79 Å². The molecule has 1 amide bonds. The maximum atomic E-state index is 12.4. The number of anilines is 1. The minimum Gasteiger partial charge on any atom is -0.465 e. The zero-order valence-electron chi connectivity index (χ0n) is 15.5. The Morgan fingerprint density at radius 1 is 1.19 bits per heavy atom. The molecular weight excluding hydrogens is 362 g/mol. The zero-order valence-corrected chi connectivity index (χ0v) is 16.3. The lowest BCUT2D eigenvalue weighted by atomic mass is 10.1. The number of hydrogen-bond acceptors (Lipinski definition) is 5. The van der Waals surface area contributed by atoms with E-state index in [-0.39, 0.29) is 11.7 Å². The van der Waals surface area contributed by atoms with Gasteiger partial charge in [0.2, 0.25) is 5.91 Å². The number of carbonyl (C=O) groups excluding carboxylic acids is 2. The van der Waals surface area contributed by atoms with Gasteiger partial charge >= 0.3 is 5.97 Å². The summed E-state index contributed by atoms with van der Waals surface area (Å²) in [5.74, 6) is -0.347. The number of benzene rings is 2. The molecular formula is C20H21N3O3S. The number of nitrogens with zero attached hydrogens (tertiary/aromatic N) is 2. The van der Waals surface area contributed by atoms with E-state index < -0.39 is 5.97 Å². The van der Waals surface area contributed by atoms with Crippen LogP contribution in [0.25, 0.3) is 11.0 Å². The van der Waals surface area contributed by atoms with Crippen LogP contribution in [-0.4, -0.2) is 34.3 Å². The molecule has 7 heteroatoms. The first kappa shape index (κ1) is 19.0. The molecule has 0 spiro atoms. The van der Waals surface area contributed by atoms with E-state index in [0.29, 0.717) is 16.8 Å². The van der Waals surface area contributed by atoms with Crippen LogP contribution in [0.1, 0.15) is 22.8 Å². The molecule has 0 radical (unpaired) electrons. The van der Waals surface area contributed by atoms with E-state index in [9.17, 15) is 9.59 Å². The van der Waals surface area contributed by atoms with Gasteiger partial charge in [0.15, 0.2) is 5.16 Å². The first-order valence-electron chi connectivity index (χ1n) is 8.61. The van der Waals surface area contributed by atoms with Gasteiger partial charge in [0, 0.05) is 12.2 Å². The summed E-state index contributed by atoms with van der Waals surface area (Å²) in [5.41, 5.74) is 3.71. The summed E-state index contributed by atoms with van der Waals surface area (Å²) in [4.78, 5) is 28.8. The molecule has 3 aromatic rings. The molecule has 0 saturated carbocycles. The molecule has 0 bridgehead atoms. The number of imidazole rings is 1. The van der Waals surface area contributed by atoms with E-state index in [4.69, 9.17) is 4.74 Å². The summed E-state index contributed by atoms with van der Waals surface area (Å²) in [7, 11) is 1.34. The summed E-state index contributed by atoms with van der Waals surface area (Å²) in [6, 6.07) is 13.1. The Labute approximate surface area is 161 Å². The van der Waals surface area contributed by atoms with Gasteiger partial charge in [0.25, 0.3) is 0 Å². The number of para-hydroxylation sites is 2. The third-order valence-electron chi connectivity index (χ3n) is 4.28. The van der Waals surface area contributed by atoms with E-state index >= 15 is 0 Å². The number of ether oxygens (including phenoxy) is 1. The maximum Gasteiger partial charge on any atom is 0.338 e. The number of methoxy groups -OCH3 is 1. The van der Waals surface area contributed by atoms with Crippen molar-refractivity contribution in [3.63, 3.8) is 0 Å². The van der Waals surface area contributed by atoms with Crippen LogP contribution < -0.4 is 5.32 Å². The van der Waals surface area contributed by atoms with Gasteiger partial charge in [0.05, 0.1) is 29.5 Å². The second-order valence-corrected chi connectivity index (χ2v) is 6.88. The van der Waals surface area contributed by atoms with E-state index in [1.807, 2.05) is 24.3 Å². The number of hydrogen-bond donors (Lipinski definition) is 1. The highest BCUT2D eigenvalue weighted by molar-refractivity contribution is 7.99. The van der Waals surface area contributed by atoms with Crippen LogP contribution in [0, 0.1) is 6.92 Å². The van der Waals surface area contributed by atoms with Crippen molar-refractivity contribution in [2.45, 2.75) is 25.5 Å². The molecule has 1 N–H and O–H groups in total. The molecule has 140 valence electrons. The number of fused-ring (bicyclic) bond motifs is 1. The van der Waals surface area contributed by atoms with Crippen molar-refractivity contribution in [1.29, 1.82) is 0 Å². The molecule has 0 saturated heterocycles. The van der Waals surface area contributed by atoms with Crippen molar-refractivity contribution in [2.75, 3.05) is 18.2 Å². The number of esters is 1. The Morgan fingerprint density at radius 2 is 1.96 bits per heavy atom. The van der Waals surface area contributed by atoms with Gasteiger partial charge in [-0.2, -0.15) is 0 Å². The van der Waals surface area contributed by atoms with Crippen LogP contribution in [-0.2, 0) is 16.1 Å². The van der Waals surface area contributed by atoms with Gasteiger partial charge < -0.3 is 14.6 Å². The van der Waals surface area contributed by atoms with Gasteiger partial charge in [-0.1, -0.05) is 30.0 Å². The molecule has 6 nitrogen and oxygen atoms in total. The molecule has 0 atom stereocenters. The molecule has 2 aromatic carbocycles. The summed E-state index contributed by atoms with van der Waals surface area (Å²) < 4.78 is 6.86. The van der Waals surface area contributed by atoms with Crippen LogP contribution in [0.5, 0.6) is 0 Å². The van der Waals surface area contributed by atoms with Crippen molar-refractivity contribution in [3.8, 4) is 0 Å². The Hall–Kier alpha value is -2.80. The van der Waals surface area contributed by atoms with Crippen LogP contribution in [0.2, 0.25) is 0 Å². The Bertz CT molecular complexity index is 997. The van der Waals surface area contributed by atoms with E-state index in [1.165, 1.54) is 18.9 Å². The van der Waals surface area contributed by atoms with Gasteiger partial charge in [-0.05, 0) is 43.7 Å². The number of amides is 1. The average Bonchev–Trinajstić information content (AvgIpc) is 3.05. The first-order chi connectivity index (χ1) is 13.0. The smallest absolute Gasteiger partial charge is 0.338 e. The standard InChI is InChI=1S/C20H21N3O3S/c1-4-23-17-11-6-5-9-16(17)22-20(23)27-12-18(24)21-15-10-7-8-14(13(15)2)19(25)26-3/h5-11H,4,12H2,1-3H3,(H,21,24). The highest BCUT2D eigenvalue weighted by atomic mass is 32.2. The quantitative estimate of drug-likeness (QED) is 0.516. The van der Waals surface area contributed by atoms with E-state index in [0.717, 1.165) is 22.7 Å². The first-order valence-corrected chi connectivity index (χ1v) is 9.59. The maximum absolute atomic E-state index is 12.4. The fourth-order valence-corrected chi connectivity index (χ4v) is 3.77. The second-order valence-electron chi connectivity index (χ2n) is 5.93. The number of rotatable bonds is 6. The van der Waals surface area contributed by atoms with E-state index in [1.54, 1.807) is 25.1 Å². The zero-order chi connectivity index (χ0) is 19.4. The molecule has 1 heterocycles. The highest BCUT2D eigenvalue weighted by Crippen LogP contribution is 2.25. The van der Waals surface area contributed by atoms with Crippen molar-refractivity contribution >= 4 is 40.4 Å². The van der Waals surface area contributed by atoms with Crippen molar-refractivity contribution < 1.29 is 14.3 Å². The number of thioether (sulfide) groups is 1. The minimum atomic E-state index is -0.422. The molecule has 0 aliphatic heterocycles. The Morgan fingerprint density at radius 3 is 2.70 bits per heavy atom. The normalized spacial score (nSPS) is 10.8. The van der Waals surface area contributed by atoms with Gasteiger partial charge in [0.1, 0.15) is 0 Å². The molecule has 0 unspecified atom stereocenters. The number of aromatic nitrogens is 2. The molecule has 3 rings (SSSR count). The summed E-state index contributed by atoms with van der Waals surface area (Å²) >= 11 is 1.39. The summed E-state index contributed by atoms with van der Waals surface area (Å²) in [5, 5.41) is 3.68. The topological polar surface area (TPSA) is 73.2 Å². The lowest BCUT2D eigenvalue weighted by Gasteiger charge is -2.11. The predicted octanol–water partition coefficient (Wildman–Crippen LogP) is 3.88. The fraction of sp³-hybridized carbons (Fsp3) is 0.250. The largest absolute Gasteiger partial charge is 0.465 e. The SMILES string of the molecule is CCn1c(SCC(=O)Nc2cccc(C(=O)OC)c2C)nc2ccccc21. The van der Waals surface area contributed by atoms with Crippen LogP contribution in [0.15, 0.2) is 47.6 Å². The fourth-order valence-electron chi connectivity index (χ4n) is 2.89. The lowest BCUT2D eigenvalue weighted by molar-refractivity contribution is -0.113. The van der Waals surface area contributed by atoms with Crippen molar-refractivity contribution in [1.82, 2.24) is 9.55 Å². The molecule has 0 aliphatic rings. The number of nitrogens with one attached hydrogen (secondary N) is 1. The lowest BCUT2D eigenvalue weighted by Crippen LogP contribution is -2.16. The highest BCUT2D eigenvalue weighted by Gasteiger charge is 2.15. The average molecular weight is 383 g/mol. The van der Waals surface area contributed by atoms with Crippen LogP contribution in [0.3, 0.4) is 0 Å². The summed E-state index contributed by atoms with van der Waals surface area (Å²) in [6.45, 7) is 4.62. The van der Waals surface area contributed by atoms with Crippen LogP contribution in [0.4, 0.5) is 5.69 Å². The minimum absolute atomic E-state index is 0.153. The molecule has 0 aliphatic carbocycles. The number of carbonyl (C=O) groups is 2. The predicted molar refractivity (Wildman–Crippen MR) is 107 cm³/mol. The summed E-state index contributed by atoms with van der Waals surface area (Å²) in [6.07, 6.45) is 0. The van der Waals surface area contributed by atoms with E-state index in [2.05, 4.69) is 21.8 Å². The Kier molecular flexibility index (Phi) is 5.81. The second kappa shape index (κ2) is 8.26. The molecule has 27 heavy (non-hydrogen) atoms. The van der Waals surface area contributed by atoms with Gasteiger partial charge in [-0.25, -0.2) is 9.78 Å². The van der Waals surface area contributed by atoms with Crippen molar-refractivity contribution in [2.24, 2.45) is 0 Å². The van der Waals surface area contributed by atoms with Gasteiger partial charge in [-0.15, -0.1) is 0 Å². The Balaban J connectivity index is 1.72. The molecule has 1 aromatic heterocycles. The molecule has 0 fully saturated rings. The third-order valence-corrected chi connectivity index (χ3v) is 5.26.